The van der Waals surface area contributed by atoms with E-state index in [-0.39, 0.29) is 38.9 Å². The zero-order valence-electron chi connectivity index (χ0n) is 17.6. The van der Waals surface area contributed by atoms with E-state index >= 15 is 0 Å². The number of rotatable bonds is 6. The molecule has 1 heterocycles. The number of halogens is 3. The molecule has 1 saturated heterocycles. The Labute approximate surface area is 178 Å². The Hall–Kier alpha value is -1.88. The topological polar surface area (TPSA) is 102 Å². The Kier molecular flexibility index (Phi) is 6.57. The number of carbonyl (C=O) groups is 3. The minimum atomic E-state index is -5.12. The fourth-order valence-electron chi connectivity index (χ4n) is 5.49. The molecule has 31 heavy (non-hydrogen) atoms. The number of carboxylic acids is 1. The molecular weight excluding hydrogens is 423 g/mol. The number of carboxylic acid groups (broad SMARTS) is 1. The number of esters is 1. The van der Waals surface area contributed by atoms with Crippen molar-refractivity contribution in [2.24, 2.45) is 5.41 Å². The number of hydrogen-bond donors (Lipinski definition) is 1. The third-order valence-corrected chi connectivity index (χ3v) is 7.07. The largest absolute Gasteiger partial charge is 0.481 e. The first kappa shape index (κ1) is 23.8. The van der Waals surface area contributed by atoms with Gasteiger partial charge in [0, 0.05) is 26.7 Å². The quantitative estimate of drug-likeness (QED) is 0.618. The summed E-state index contributed by atoms with van der Waals surface area (Å²) in [5.41, 5.74) is -2.80. The number of amides is 1. The van der Waals surface area contributed by atoms with Crippen LogP contribution in [-0.4, -0.2) is 78.1 Å². The second-order valence-corrected chi connectivity index (χ2v) is 8.64. The molecule has 0 unspecified atom stereocenters. The molecule has 1 aliphatic heterocycles. The number of aliphatic carboxylic acids is 1. The molecule has 0 bridgehead atoms. The Bertz CT molecular complexity index is 724. The van der Waals surface area contributed by atoms with Crippen LogP contribution < -0.4 is 0 Å². The Morgan fingerprint density at radius 3 is 2.32 bits per heavy atom. The van der Waals surface area contributed by atoms with Crippen molar-refractivity contribution in [1.29, 1.82) is 0 Å². The van der Waals surface area contributed by atoms with Crippen molar-refractivity contribution in [1.82, 2.24) is 4.90 Å². The summed E-state index contributed by atoms with van der Waals surface area (Å²) >= 11 is 0. The van der Waals surface area contributed by atoms with Gasteiger partial charge >= 0.3 is 24.0 Å². The lowest BCUT2D eigenvalue weighted by Gasteiger charge is -2.51. The monoisotopic (exact) mass is 451 g/mol. The van der Waals surface area contributed by atoms with E-state index in [1.165, 1.54) is 14.0 Å². The van der Waals surface area contributed by atoms with Gasteiger partial charge in [-0.15, -0.1) is 0 Å². The van der Waals surface area contributed by atoms with Crippen LogP contribution in [0.5, 0.6) is 0 Å². The first-order valence-corrected chi connectivity index (χ1v) is 10.4. The summed E-state index contributed by atoms with van der Waals surface area (Å²) in [6.07, 6.45) is -4.55. The maximum absolute atomic E-state index is 13.5. The second kappa shape index (κ2) is 8.57. The van der Waals surface area contributed by atoms with Gasteiger partial charge in [0.2, 0.25) is 0 Å². The third kappa shape index (κ3) is 4.13. The molecule has 0 spiro atoms. The summed E-state index contributed by atoms with van der Waals surface area (Å²) in [5, 5.41) is 10.1. The molecule has 3 rings (SSSR count). The summed E-state index contributed by atoms with van der Waals surface area (Å²) in [7, 11) is 1.34. The maximum atomic E-state index is 13.5. The Morgan fingerprint density at radius 2 is 1.84 bits per heavy atom. The van der Waals surface area contributed by atoms with Gasteiger partial charge in [-0.25, -0.2) is 0 Å². The average molecular weight is 451 g/mol. The van der Waals surface area contributed by atoms with E-state index in [1.54, 1.807) is 0 Å². The van der Waals surface area contributed by atoms with Crippen LogP contribution in [0.2, 0.25) is 0 Å². The highest BCUT2D eigenvalue weighted by molar-refractivity contribution is 5.83. The van der Waals surface area contributed by atoms with Gasteiger partial charge in [0.25, 0.3) is 0 Å². The zero-order chi connectivity index (χ0) is 23.0. The molecule has 8 nitrogen and oxygen atoms in total. The lowest BCUT2D eigenvalue weighted by Crippen LogP contribution is -2.61. The standard InChI is InChI=1S/C20H28F3NO7/c1-12(25)31-19(6-3-7-19)18(17(27)28)8-4-13(10-18)24(16(26)20(21,22)23)14-5-9-30-11-15(14)29-2/h13-15H,3-11H2,1-2H3,(H,27,28)/t13-,14+,15-,18-/m1/s1. The average Bonchev–Trinajstić information content (AvgIpc) is 3.11. The van der Waals surface area contributed by atoms with Crippen LogP contribution in [-0.2, 0) is 28.6 Å². The Balaban J connectivity index is 1.96. The minimum absolute atomic E-state index is 0.0167. The van der Waals surface area contributed by atoms with Gasteiger partial charge in [-0.1, -0.05) is 0 Å². The van der Waals surface area contributed by atoms with Crippen molar-refractivity contribution in [2.75, 3.05) is 20.3 Å². The number of methoxy groups -OCH3 is 1. The van der Waals surface area contributed by atoms with Crippen LogP contribution in [0, 0.1) is 5.41 Å². The van der Waals surface area contributed by atoms with Crippen LogP contribution >= 0.6 is 0 Å². The van der Waals surface area contributed by atoms with Gasteiger partial charge in [0.05, 0.1) is 12.6 Å². The Morgan fingerprint density at radius 1 is 1.16 bits per heavy atom. The summed E-state index contributed by atoms with van der Waals surface area (Å²) in [5.74, 6) is -3.86. The lowest BCUT2D eigenvalue weighted by atomic mass is 9.60. The molecule has 2 saturated carbocycles. The van der Waals surface area contributed by atoms with Gasteiger partial charge in [0.1, 0.15) is 17.1 Å². The first-order valence-electron chi connectivity index (χ1n) is 10.4. The van der Waals surface area contributed by atoms with Crippen LogP contribution in [0.1, 0.15) is 51.9 Å². The number of nitrogens with zero attached hydrogens (tertiary/aromatic N) is 1. The maximum Gasteiger partial charge on any atom is 0.471 e. The normalized spacial score (nSPS) is 32.7. The van der Waals surface area contributed by atoms with Crippen molar-refractivity contribution in [2.45, 2.75) is 81.8 Å². The van der Waals surface area contributed by atoms with Crippen LogP contribution in [0.4, 0.5) is 13.2 Å². The number of hydrogen-bond acceptors (Lipinski definition) is 6. The van der Waals surface area contributed by atoms with Crippen molar-refractivity contribution in [3.63, 3.8) is 0 Å². The predicted molar refractivity (Wildman–Crippen MR) is 99.0 cm³/mol. The van der Waals surface area contributed by atoms with Crippen LogP contribution in [0.15, 0.2) is 0 Å². The molecule has 3 aliphatic rings. The number of ether oxygens (including phenoxy) is 3. The lowest BCUT2D eigenvalue weighted by molar-refractivity contribution is -0.208. The molecule has 0 aromatic heterocycles. The van der Waals surface area contributed by atoms with E-state index in [4.69, 9.17) is 14.2 Å². The van der Waals surface area contributed by atoms with Gasteiger partial charge in [-0.05, 0) is 44.9 Å². The number of alkyl halides is 3. The van der Waals surface area contributed by atoms with Crippen molar-refractivity contribution < 1.29 is 46.9 Å². The summed E-state index contributed by atoms with van der Waals surface area (Å²) < 4.78 is 56.6. The summed E-state index contributed by atoms with van der Waals surface area (Å²) in [6, 6.07) is -1.87. The van der Waals surface area contributed by atoms with Gasteiger partial charge in [-0.3, -0.25) is 14.4 Å². The highest BCUT2D eigenvalue weighted by atomic mass is 19.4. The molecule has 0 aromatic rings. The third-order valence-electron chi connectivity index (χ3n) is 7.07. The fraction of sp³-hybridized carbons (Fsp3) is 0.850. The van der Waals surface area contributed by atoms with E-state index in [1.807, 2.05) is 0 Å². The predicted octanol–water partition coefficient (Wildman–Crippen LogP) is 2.29. The van der Waals surface area contributed by atoms with E-state index in [0.717, 1.165) is 4.90 Å². The molecule has 0 radical (unpaired) electrons. The summed E-state index contributed by atoms with van der Waals surface area (Å²) in [4.78, 5) is 37.4. The van der Waals surface area contributed by atoms with Gasteiger partial charge < -0.3 is 24.2 Å². The molecule has 4 atom stereocenters. The highest BCUT2D eigenvalue weighted by Crippen LogP contribution is 2.58. The SMILES string of the molecule is CO[C@@H]1COCC[C@@H]1N(C(=O)C(F)(F)F)[C@@H]1CC[C@@](C(=O)O)(C2(OC(C)=O)CCC2)C1. The minimum Gasteiger partial charge on any atom is -0.481 e. The van der Waals surface area contributed by atoms with E-state index in [2.05, 4.69) is 0 Å². The van der Waals surface area contributed by atoms with Crippen LogP contribution in [0.25, 0.3) is 0 Å². The van der Waals surface area contributed by atoms with E-state index < -0.39 is 53.2 Å². The zero-order valence-corrected chi connectivity index (χ0v) is 17.6. The second-order valence-electron chi connectivity index (χ2n) is 8.64. The molecule has 11 heteroatoms. The van der Waals surface area contributed by atoms with Gasteiger partial charge in [-0.2, -0.15) is 13.2 Å². The first-order chi connectivity index (χ1) is 14.5. The molecule has 1 N–H and O–H groups in total. The molecular formula is C20H28F3NO7. The molecule has 176 valence electrons. The molecule has 3 fully saturated rings. The van der Waals surface area contributed by atoms with Gasteiger partial charge in [0.15, 0.2) is 0 Å². The highest BCUT2D eigenvalue weighted by Gasteiger charge is 2.66. The van der Waals surface area contributed by atoms with Crippen molar-refractivity contribution >= 4 is 17.8 Å². The summed E-state index contributed by atoms with van der Waals surface area (Å²) in [6.45, 7) is 1.39. The molecule has 1 amide bonds. The van der Waals surface area contributed by atoms with Crippen LogP contribution in [0.3, 0.4) is 0 Å². The van der Waals surface area contributed by atoms with E-state index in [0.29, 0.717) is 19.3 Å². The number of carbonyl (C=O) groups excluding carboxylic acids is 2. The fourth-order valence-corrected chi connectivity index (χ4v) is 5.49. The smallest absolute Gasteiger partial charge is 0.471 e. The van der Waals surface area contributed by atoms with E-state index in [9.17, 15) is 32.7 Å². The van der Waals surface area contributed by atoms with Crippen molar-refractivity contribution in [3.05, 3.63) is 0 Å². The molecule has 2 aliphatic carbocycles. The van der Waals surface area contributed by atoms with Crippen molar-refractivity contribution in [3.8, 4) is 0 Å². The molecule has 0 aromatic carbocycles.